The summed E-state index contributed by atoms with van der Waals surface area (Å²) in [6, 6.07) is 6.29. The smallest absolute Gasteiger partial charge is 0.340 e. The second-order valence-corrected chi connectivity index (χ2v) is 7.23. The van der Waals surface area contributed by atoms with Crippen LogP contribution in [0.1, 0.15) is 43.0 Å². The topological polar surface area (TPSA) is 119 Å². The molecular formula is C21H24N2O7. The van der Waals surface area contributed by atoms with Crippen molar-refractivity contribution in [2.75, 3.05) is 25.1 Å². The average molecular weight is 416 g/mol. The molecule has 1 saturated carbocycles. The summed E-state index contributed by atoms with van der Waals surface area (Å²) in [4.78, 5) is 61.9. The second-order valence-electron chi connectivity index (χ2n) is 7.23. The summed E-state index contributed by atoms with van der Waals surface area (Å²) in [6.07, 6.45) is 3.10. The number of amides is 3. The molecule has 0 unspecified atom stereocenters. The summed E-state index contributed by atoms with van der Waals surface area (Å²) in [5, 5.41) is 2.49. The van der Waals surface area contributed by atoms with Crippen LogP contribution in [-0.4, -0.2) is 54.3 Å². The third-order valence-electron chi connectivity index (χ3n) is 5.28. The van der Waals surface area contributed by atoms with E-state index in [1.165, 1.54) is 12.1 Å². The van der Waals surface area contributed by atoms with E-state index < -0.39 is 31.0 Å². The Bertz CT molecular complexity index is 843. The molecule has 0 aromatic heterocycles. The Labute approximate surface area is 173 Å². The van der Waals surface area contributed by atoms with Crippen LogP contribution in [-0.2, 0) is 28.7 Å². The molecule has 160 valence electrons. The van der Waals surface area contributed by atoms with Crippen molar-refractivity contribution in [3.8, 4) is 0 Å². The number of hydrogen-bond donors (Lipinski definition) is 1. The Hall–Kier alpha value is -3.23. The first-order chi connectivity index (χ1) is 14.4. The molecule has 3 amide bonds. The highest BCUT2D eigenvalue weighted by molar-refractivity contribution is 6.07. The lowest BCUT2D eigenvalue weighted by Crippen LogP contribution is -2.37. The third kappa shape index (κ3) is 4.67. The van der Waals surface area contributed by atoms with Crippen LogP contribution < -0.4 is 5.32 Å². The van der Waals surface area contributed by atoms with E-state index in [1.54, 1.807) is 19.1 Å². The molecule has 1 saturated heterocycles. The molecule has 30 heavy (non-hydrogen) atoms. The van der Waals surface area contributed by atoms with Gasteiger partial charge in [0.15, 0.2) is 6.61 Å². The molecule has 1 N–H and O–H groups in total. The first-order valence-corrected chi connectivity index (χ1v) is 9.99. The van der Waals surface area contributed by atoms with Crippen LogP contribution >= 0.6 is 0 Å². The fourth-order valence-corrected chi connectivity index (χ4v) is 3.87. The number of hydrogen-bond acceptors (Lipinski definition) is 7. The fraction of sp³-hybridized carbons (Fsp3) is 0.476. The maximum Gasteiger partial charge on any atom is 0.340 e. The quantitative estimate of drug-likeness (QED) is 0.529. The zero-order valence-electron chi connectivity index (χ0n) is 16.7. The molecule has 1 aromatic rings. The van der Waals surface area contributed by atoms with E-state index in [-0.39, 0.29) is 41.5 Å². The highest BCUT2D eigenvalue weighted by atomic mass is 16.5. The van der Waals surface area contributed by atoms with Crippen molar-refractivity contribution in [1.29, 1.82) is 0 Å². The first-order valence-electron chi connectivity index (χ1n) is 9.99. The van der Waals surface area contributed by atoms with Crippen molar-refractivity contribution in [3.05, 3.63) is 29.8 Å². The zero-order chi connectivity index (χ0) is 21.7. The largest absolute Gasteiger partial charge is 0.462 e. The van der Waals surface area contributed by atoms with Gasteiger partial charge in [-0.05, 0) is 31.9 Å². The molecule has 2 fully saturated rings. The predicted molar refractivity (Wildman–Crippen MR) is 104 cm³/mol. The number of benzene rings is 1. The molecule has 9 nitrogen and oxygen atoms in total. The number of carbonyl (C=O) groups is 5. The minimum atomic E-state index is -0.843. The maximum atomic E-state index is 12.4. The van der Waals surface area contributed by atoms with Gasteiger partial charge >= 0.3 is 11.9 Å². The number of rotatable bonds is 7. The standard InChI is InChI=1S/C21H24N2O7/c1-2-29-21(28)15-9-5-6-10-16(15)22-17(24)12-30-18(25)11-23-19(26)13-7-3-4-8-14(13)20(23)27/h5-6,9-10,13-14H,2-4,7-8,11-12H2,1H3,(H,22,24)/t13-,14+. The van der Waals surface area contributed by atoms with Crippen molar-refractivity contribution >= 4 is 35.3 Å². The van der Waals surface area contributed by atoms with E-state index in [0.29, 0.717) is 12.8 Å². The molecule has 0 radical (unpaired) electrons. The van der Waals surface area contributed by atoms with E-state index in [1.807, 2.05) is 0 Å². The maximum absolute atomic E-state index is 12.4. The molecule has 0 bridgehead atoms. The van der Waals surface area contributed by atoms with E-state index >= 15 is 0 Å². The summed E-state index contributed by atoms with van der Waals surface area (Å²) >= 11 is 0. The number of carbonyl (C=O) groups excluding carboxylic acids is 5. The Kier molecular flexibility index (Phi) is 6.81. The SMILES string of the molecule is CCOC(=O)c1ccccc1NC(=O)COC(=O)CN1C(=O)[C@H]2CCCC[C@H]2C1=O. The normalized spacial score (nSPS) is 20.5. The molecule has 2 aliphatic rings. The number of nitrogens with one attached hydrogen (secondary N) is 1. The van der Waals surface area contributed by atoms with E-state index in [0.717, 1.165) is 17.7 Å². The van der Waals surface area contributed by atoms with E-state index in [4.69, 9.17) is 9.47 Å². The highest BCUT2D eigenvalue weighted by Gasteiger charge is 2.48. The third-order valence-corrected chi connectivity index (χ3v) is 5.28. The summed E-state index contributed by atoms with van der Waals surface area (Å²) in [5.41, 5.74) is 0.404. The summed E-state index contributed by atoms with van der Waals surface area (Å²) in [6.45, 7) is 0.744. The predicted octanol–water partition coefficient (Wildman–Crippen LogP) is 1.52. The van der Waals surface area contributed by atoms with Gasteiger partial charge in [-0.3, -0.25) is 24.1 Å². The van der Waals surface area contributed by atoms with Gasteiger partial charge < -0.3 is 14.8 Å². The molecule has 3 rings (SSSR count). The van der Waals surface area contributed by atoms with Crippen molar-refractivity contribution in [3.63, 3.8) is 0 Å². The highest BCUT2D eigenvalue weighted by Crippen LogP contribution is 2.37. The van der Waals surface area contributed by atoms with Crippen molar-refractivity contribution in [1.82, 2.24) is 4.90 Å². The Balaban J connectivity index is 1.52. The lowest BCUT2D eigenvalue weighted by molar-refractivity contribution is -0.154. The van der Waals surface area contributed by atoms with Crippen LogP contribution in [0.2, 0.25) is 0 Å². The second kappa shape index (κ2) is 9.51. The number of nitrogens with zero attached hydrogens (tertiary/aromatic N) is 1. The number of likely N-dealkylation sites (tertiary alicyclic amines) is 1. The van der Waals surface area contributed by atoms with Crippen LogP contribution in [0, 0.1) is 11.8 Å². The lowest BCUT2D eigenvalue weighted by Gasteiger charge is -2.19. The van der Waals surface area contributed by atoms with Gasteiger partial charge in [0, 0.05) is 0 Å². The van der Waals surface area contributed by atoms with Gasteiger partial charge in [0.1, 0.15) is 6.54 Å². The van der Waals surface area contributed by atoms with Crippen LogP contribution in [0.15, 0.2) is 24.3 Å². The number of esters is 2. The van der Waals surface area contributed by atoms with Gasteiger partial charge in [-0.15, -0.1) is 0 Å². The molecule has 1 heterocycles. The molecule has 1 aliphatic carbocycles. The van der Waals surface area contributed by atoms with Gasteiger partial charge in [0.25, 0.3) is 5.91 Å². The average Bonchev–Trinajstić information content (AvgIpc) is 2.98. The molecule has 9 heteroatoms. The zero-order valence-corrected chi connectivity index (χ0v) is 16.7. The minimum absolute atomic E-state index is 0.176. The fourth-order valence-electron chi connectivity index (χ4n) is 3.87. The summed E-state index contributed by atoms with van der Waals surface area (Å²) < 4.78 is 9.86. The Morgan fingerprint density at radius 3 is 2.30 bits per heavy atom. The lowest BCUT2D eigenvalue weighted by atomic mass is 9.81. The number of para-hydroxylation sites is 1. The van der Waals surface area contributed by atoms with Gasteiger partial charge in [-0.25, -0.2) is 4.79 Å². The van der Waals surface area contributed by atoms with Crippen molar-refractivity contribution in [2.24, 2.45) is 11.8 Å². The molecule has 1 aliphatic heterocycles. The number of imide groups is 1. The Morgan fingerprint density at radius 2 is 1.67 bits per heavy atom. The van der Waals surface area contributed by atoms with E-state index in [2.05, 4.69) is 5.32 Å². The van der Waals surface area contributed by atoms with Crippen LogP contribution in [0.4, 0.5) is 5.69 Å². The Morgan fingerprint density at radius 1 is 1.03 bits per heavy atom. The molecule has 1 aromatic carbocycles. The van der Waals surface area contributed by atoms with Crippen LogP contribution in [0.3, 0.4) is 0 Å². The van der Waals surface area contributed by atoms with E-state index in [9.17, 15) is 24.0 Å². The summed E-state index contributed by atoms with van der Waals surface area (Å²) in [7, 11) is 0. The van der Waals surface area contributed by atoms with Crippen molar-refractivity contribution in [2.45, 2.75) is 32.6 Å². The monoisotopic (exact) mass is 416 g/mol. The first kappa shape index (κ1) is 21.5. The molecular weight excluding hydrogens is 392 g/mol. The molecule has 0 spiro atoms. The van der Waals surface area contributed by atoms with Gasteiger partial charge in [0.2, 0.25) is 11.8 Å². The van der Waals surface area contributed by atoms with Crippen LogP contribution in [0.5, 0.6) is 0 Å². The number of anilines is 1. The van der Waals surface area contributed by atoms with Gasteiger partial charge in [-0.2, -0.15) is 0 Å². The molecule has 2 atom stereocenters. The van der Waals surface area contributed by atoms with Gasteiger partial charge in [-0.1, -0.05) is 25.0 Å². The summed E-state index contributed by atoms with van der Waals surface area (Å²) in [5.74, 6) is -3.46. The van der Waals surface area contributed by atoms with Crippen LogP contribution in [0.25, 0.3) is 0 Å². The number of ether oxygens (including phenoxy) is 2. The minimum Gasteiger partial charge on any atom is -0.462 e. The van der Waals surface area contributed by atoms with Gasteiger partial charge in [0.05, 0.1) is 29.7 Å². The number of fused-ring (bicyclic) bond motifs is 1. The van der Waals surface area contributed by atoms with Crippen molar-refractivity contribution < 1.29 is 33.4 Å².